The van der Waals surface area contributed by atoms with Gasteiger partial charge in [0.25, 0.3) is 0 Å². The lowest BCUT2D eigenvalue weighted by atomic mass is 9.95. The van der Waals surface area contributed by atoms with Crippen LogP contribution in [0.25, 0.3) is 0 Å². The SMILES string of the molecule is CC(C)(C#N)CNC1CCc2cc(Br)ccc21. The molecular weight excluding hydrogens is 276 g/mol. The van der Waals surface area contributed by atoms with Crippen molar-refractivity contribution in [1.29, 1.82) is 5.26 Å². The van der Waals surface area contributed by atoms with Crippen LogP contribution in [0.1, 0.15) is 37.4 Å². The minimum Gasteiger partial charge on any atom is -0.308 e. The quantitative estimate of drug-likeness (QED) is 0.924. The van der Waals surface area contributed by atoms with Crippen LogP contribution in [-0.2, 0) is 6.42 Å². The molecule has 3 heteroatoms. The van der Waals surface area contributed by atoms with Crippen molar-refractivity contribution in [2.45, 2.75) is 32.7 Å². The van der Waals surface area contributed by atoms with Gasteiger partial charge in [0.15, 0.2) is 0 Å². The van der Waals surface area contributed by atoms with E-state index in [1.165, 1.54) is 11.1 Å². The van der Waals surface area contributed by atoms with Crippen LogP contribution >= 0.6 is 15.9 Å². The Hall–Kier alpha value is -0.850. The van der Waals surface area contributed by atoms with Gasteiger partial charge in [-0.2, -0.15) is 5.26 Å². The average molecular weight is 293 g/mol. The zero-order valence-corrected chi connectivity index (χ0v) is 11.8. The van der Waals surface area contributed by atoms with Crippen LogP contribution < -0.4 is 5.32 Å². The first-order valence-corrected chi connectivity index (χ1v) is 6.74. The molecule has 0 saturated carbocycles. The third-order valence-electron chi connectivity index (χ3n) is 3.28. The minimum atomic E-state index is -0.294. The molecule has 1 aromatic carbocycles. The number of aryl methyl sites for hydroxylation is 1. The lowest BCUT2D eigenvalue weighted by Crippen LogP contribution is -2.30. The summed E-state index contributed by atoms with van der Waals surface area (Å²) in [4.78, 5) is 0. The Morgan fingerprint density at radius 3 is 3.00 bits per heavy atom. The predicted octanol–water partition coefficient (Wildman–Crippen LogP) is 3.58. The summed E-state index contributed by atoms with van der Waals surface area (Å²) in [6, 6.07) is 9.21. The van der Waals surface area contributed by atoms with Crippen LogP contribution in [0.4, 0.5) is 0 Å². The normalized spacial score (nSPS) is 18.8. The highest BCUT2D eigenvalue weighted by Gasteiger charge is 2.25. The second-order valence-electron chi connectivity index (χ2n) is 5.31. The van der Waals surface area contributed by atoms with Gasteiger partial charge < -0.3 is 5.32 Å². The Morgan fingerprint density at radius 1 is 1.53 bits per heavy atom. The monoisotopic (exact) mass is 292 g/mol. The Kier molecular flexibility index (Phi) is 3.56. The Bertz CT molecular complexity index is 460. The third-order valence-corrected chi connectivity index (χ3v) is 3.77. The summed E-state index contributed by atoms with van der Waals surface area (Å²) >= 11 is 3.50. The standard InChI is InChI=1S/C14H17BrN2/c1-14(2,8-16)9-17-13-6-3-10-7-11(15)4-5-12(10)13/h4-5,7,13,17H,3,6,9H2,1-2H3. The van der Waals surface area contributed by atoms with E-state index in [-0.39, 0.29) is 5.41 Å². The first kappa shape index (κ1) is 12.6. The van der Waals surface area contributed by atoms with Gasteiger partial charge in [-0.25, -0.2) is 0 Å². The number of halogens is 1. The summed E-state index contributed by atoms with van der Waals surface area (Å²) < 4.78 is 1.15. The summed E-state index contributed by atoms with van der Waals surface area (Å²) in [5.74, 6) is 0. The first-order chi connectivity index (χ1) is 8.02. The van der Waals surface area contributed by atoms with Gasteiger partial charge in [-0.1, -0.05) is 22.0 Å². The average Bonchev–Trinajstić information content (AvgIpc) is 2.69. The number of rotatable bonds is 3. The molecule has 1 N–H and O–H groups in total. The van der Waals surface area contributed by atoms with E-state index >= 15 is 0 Å². The van der Waals surface area contributed by atoms with Gasteiger partial charge in [-0.3, -0.25) is 0 Å². The molecule has 2 rings (SSSR count). The maximum Gasteiger partial charge on any atom is 0.0697 e. The minimum absolute atomic E-state index is 0.294. The molecule has 1 aromatic rings. The molecule has 1 aliphatic carbocycles. The summed E-state index contributed by atoms with van der Waals surface area (Å²) in [5.41, 5.74) is 2.52. The molecule has 0 spiro atoms. The van der Waals surface area contributed by atoms with Gasteiger partial charge in [0.1, 0.15) is 0 Å². The summed E-state index contributed by atoms with van der Waals surface area (Å²) in [5, 5.41) is 12.5. The van der Waals surface area contributed by atoms with E-state index in [1.54, 1.807) is 0 Å². The molecule has 0 radical (unpaired) electrons. The largest absolute Gasteiger partial charge is 0.308 e. The van der Waals surface area contributed by atoms with Crippen molar-refractivity contribution in [2.75, 3.05) is 6.54 Å². The number of nitrogens with zero attached hydrogens (tertiary/aromatic N) is 1. The number of nitriles is 1. The highest BCUT2D eigenvalue weighted by Crippen LogP contribution is 2.33. The second-order valence-corrected chi connectivity index (χ2v) is 6.23. The van der Waals surface area contributed by atoms with Crippen molar-refractivity contribution in [2.24, 2.45) is 5.41 Å². The molecule has 0 aliphatic heterocycles. The van der Waals surface area contributed by atoms with Gasteiger partial charge >= 0.3 is 0 Å². The predicted molar refractivity (Wildman–Crippen MR) is 72.6 cm³/mol. The van der Waals surface area contributed by atoms with Crippen LogP contribution in [0.15, 0.2) is 22.7 Å². The molecule has 0 amide bonds. The van der Waals surface area contributed by atoms with Crippen molar-refractivity contribution in [1.82, 2.24) is 5.32 Å². The highest BCUT2D eigenvalue weighted by atomic mass is 79.9. The summed E-state index contributed by atoms with van der Waals surface area (Å²) in [6.07, 6.45) is 2.26. The van der Waals surface area contributed by atoms with Crippen LogP contribution in [0.3, 0.4) is 0 Å². The summed E-state index contributed by atoms with van der Waals surface area (Å²) in [7, 11) is 0. The lowest BCUT2D eigenvalue weighted by molar-refractivity contribution is 0.403. The van der Waals surface area contributed by atoms with Crippen molar-refractivity contribution < 1.29 is 0 Å². The number of hydrogen-bond acceptors (Lipinski definition) is 2. The van der Waals surface area contributed by atoms with Gasteiger partial charge in [-0.15, -0.1) is 0 Å². The fourth-order valence-corrected chi connectivity index (χ4v) is 2.62. The molecule has 17 heavy (non-hydrogen) atoms. The Labute approximate surface area is 111 Å². The van der Waals surface area contributed by atoms with E-state index < -0.39 is 0 Å². The Morgan fingerprint density at radius 2 is 2.29 bits per heavy atom. The van der Waals surface area contributed by atoms with E-state index in [9.17, 15) is 0 Å². The van der Waals surface area contributed by atoms with E-state index in [0.29, 0.717) is 6.04 Å². The van der Waals surface area contributed by atoms with Crippen LogP contribution in [0.2, 0.25) is 0 Å². The second kappa shape index (κ2) is 4.80. The van der Waals surface area contributed by atoms with Gasteiger partial charge in [0.05, 0.1) is 11.5 Å². The van der Waals surface area contributed by atoms with Crippen molar-refractivity contribution in [3.63, 3.8) is 0 Å². The van der Waals surface area contributed by atoms with Crippen LogP contribution in [0.5, 0.6) is 0 Å². The number of hydrogen-bond donors (Lipinski definition) is 1. The van der Waals surface area contributed by atoms with E-state index in [0.717, 1.165) is 23.9 Å². The molecule has 1 unspecified atom stereocenters. The maximum absolute atomic E-state index is 9.00. The molecule has 0 saturated heterocycles. The topological polar surface area (TPSA) is 35.8 Å². The van der Waals surface area contributed by atoms with E-state index in [2.05, 4.69) is 45.5 Å². The Balaban J connectivity index is 2.06. The zero-order chi connectivity index (χ0) is 12.5. The fraction of sp³-hybridized carbons (Fsp3) is 0.500. The van der Waals surface area contributed by atoms with E-state index in [4.69, 9.17) is 5.26 Å². The smallest absolute Gasteiger partial charge is 0.0697 e. The molecule has 0 bridgehead atoms. The van der Waals surface area contributed by atoms with Crippen LogP contribution in [0, 0.1) is 16.7 Å². The van der Waals surface area contributed by atoms with E-state index in [1.807, 2.05) is 13.8 Å². The van der Waals surface area contributed by atoms with Gasteiger partial charge in [0.2, 0.25) is 0 Å². The van der Waals surface area contributed by atoms with Crippen LogP contribution in [-0.4, -0.2) is 6.54 Å². The van der Waals surface area contributed by atoms with Crippen molar-refractivity contribution >= 4 is 15.9 Å². The van der Waals surface area contributed by atoms with Gasteiger partial charge in [0, 0.05) is 17.1 Å². The zero-order valence-electron chi connectivity index (χ0n) is 10.3. The molecule has 1 aliphatic rings. The molecule has 1 atom stereocenters. The molecule has 90 valence electrons. The first-order valence-electron chi connectivity index (χ1n) is 5.95. The lowest BCUT2D eigenvalue weighted by Gasteiger charge is -2.20. The molecule has 0 heterocycles. The molecule has 0 aromatic heterocycles. The number of nitrogens with one attached hydrogen (secondary N) is 1. The summed E-state index contributed by atoms with van der Waals surface area (Å²) in [6.45, 7) is 4.68. The van der Waals surface area contributed by atoms with Gasteiger partial charge in [-0.05, 0) is 49.9 Å². The molecular formula is C14H17BrN2. The van der Waals surface area contributed by atoms with Crippen molar-refractivity contribution in [3.05, 3.63) is 33.8 Å². The molecule has 2 nitrogen and oxygen atoms in total. The maximum atomic E-state index is 9.00. The number of fused-ring (bicyclic) bond motifs is 1. The van der Waals surface area contributed by atoms with Crippen molar-refractivity contribution in [3.8, 4) is 6.07 Å². The molecule has 0 fully saturated rings. The highest BCUT2D eigenvalue weighted by molar-refractivity contribution is 9.10. The number of benzene rings is 1. The fourth-order valence-electron chi connectivity index (χ4n) is 2.22. The third kappa shape index (κ3) is 2.88.